The highest BCUT2D eigenvalue weighted by atomic mass is 79.9. The molecule has 2 aromatic rings. The zero-order valence-electron chi connectivity index (χ0n) is 9.65. The van der Waals surface area contributed by atoms with Crippen LogP contribution in [0.15, 0.2) is 22.7 Å². The first kappa shape index (κ1) is 11.6. The maximum absolute atomic E-state index is 4.20. The minimum atomic E-state index is 0.742. The van der Waals surface area contributed by atoms with Gasteiger partial charge in [0.05, 0.1) is 5.52 Å². The van der Waals surface area contributed by atoms with E-state index in [0.29, 0.717) is 0 Å². The van der Waals surface area contributed by atoms with Gasteiger partial charge in [-0.15, -0.1) is 5.10 Å². The summed E-state index contributed by atoms with van der Waals surface area (Å²) in [6.07, 6.45) is 2.37. The van der Waals surface area contributed by atoms with Gasteiger partial charge in [-0.1, -0.05) is 31.5 Å². The monoisotopic (exact) mass is 281 g/mol. The number of rotatable bonds is 4. The maximum Gasteiger partial charge on any atom is 0.127 e. The largest absolute Gasteiger partial charge is 0.245 e. The second-order valence-electron chi connectivity index (χ2n) is 4.22. The van der Waals surface area contributed by atoms with Crippen LogP contribution in [0.25, 0.3) is 11.0 Å². The minimum absolute atomic E-state index is 0.742. The van der Waals surface area contributed by atoms with Gasteiger partial charge in [-0.3, -0.25) is 0 Å². The number of halogens is 1. The SMILES string of the molecule is CCC(C)CCn1nnc2c(Br)cccc21. The summed E-state index contributed by atoms with van der Waals surface area (Å²) in [4.78, 5) is 0. The van der Waals surface area contributed by atoms with Crippen LogP contribution in [0, 0.1) is 5.92 Å². The molecule has 2 rings (SSSR count). The summed E-state index contributed by atoms with van der Waals surface area (Å²) in [5.41, 5.74) is 2.06. The van der Waals surface area contributed by atoms with Crippen LogP contribution in [0.4, 0.5) is 0 Å². The highest BCUT2D eigenvalue weighted by Gasteiger charge is 2.07. The van der Waals surface area contributed by atoms with E-state index in [-0.39, 0.29) is 0 Å². The Kier molecular flexibility index (Phi) is 3.59. The molecule has 0 bridgehead atoms. The Morgan fingerprint density at radius 3 is 3.00 bits per heavy atom. The van der Waals surface area contributed by atoms with Crippen LogP contribution in [-0.2, 0) is 6.54 Å². The summed E-state index contributed by atoms with van der Waals surface area (Å²) in [7, 11) is 0. The fourth-order valence-corrected chi connectivity index (χ4v) is 2.11. The van der Waals surface area contributed by atoms with E-state index in [4.69, 9.17) is 0 Å². The van der Waals surface area contributed by atoms with Crippen molar-refractivity contribution in [3.8, 4) is 0 Å². The third-order valence-electron chi connectivity index (χ3n) is 3.03. The van der Waals surface area contributed by atoms with Gasteiger partial charge < -0.3 is 0 Å². The summed E-state index contributed by atoms with van der Waals surface area (Å²) in [5.74, 6) is 0.742. The summed E-state index contributed by atoms with van der Waals surface area (Å²) in [6.45, 7) is 5.44. The third-order valence-corrected chi connectivity index (χ3v) is 3.67. The van der Waals surface area contributed by atoms with Crippen LogP contribution in [0.2, 0.25) is 0 Å². The van der Waals surface area contributed by atoms with Crippen molar-refractivity contribution in [2.24, 2.45) is 5.92 Å². The van der Waals surface area contributed by atoms with Gasteiger partial charge in [-0.2, -0.15) is 0 Å². The quantitative estimate of drug-likeness (QED) is 0.857. The van der Waals surface area contributed by atoms with Gasteiger partial charge in [-0.05, 0) is 40.4 Å². The molecule has 1 atom stereocenters. The Balaban J connectivity index is 2.22. The first-order valence-corrected chi connectivity index (χ1v) is 6.49. The fourth-order valence-electron chi connectivity index (χ4n) is 1.67. The molecule has 4 heteroatoms. The molecule has 1 aromatic heterocycles. The molecule has 0 spiro atoms. The Bertz CT molecular complexity index is 478. The van der Waals surface area contributed by atoms with Gasteiger partial charge in [0, 0.05) is 11.0 Å². The molecule has 0 saturated heterocycles. The van der Waals surface area contributed by atoms with E-state index >= 15 is 0 Å². The van der Waals surface area contributed by atoms with Crippen molar-refractivity contribution < 1.29 is 0 Å². The van der Waals surface area contributed by atoms with Crippen molar-refractivity contribution in [1.29, 1.82) is 0 Å². The first-order chi connectivity index (χ1) is 7.72. The predicted molar refractivity (Wildman–Crippen MR) is 69.3 cm³/mol. The first-order valence-electron chi connectivity index (χ1n) is 5.70. The van der Waals surface area contributed by atoms with Gasteiger partial charge in [0.1, 0.15) is 5.52 Å². The second kappa shape index (κ2) is 4.95. The number of aromatic nitrogens is 3. The molecule has 1 heterocycles. The molecule has 0 radical (unpaired) electrons. The van der Waals surface area contributed by atoms with Gasteiger partial charge in [0.25, 0.3) is 0 Å². The molecule has 86 valence electrons. The standard InChI is InChI=1S/C12H16BrN3/c1-3-9(2)7-8-16-11-6-4-5-10(13)12(11)14-15-16/h4-6,9H,3,7-8H2,1-2H3. The number of hydrogen-bond acceptors (Lipinski definition) is 2. The van der Waals surface area contributed by atoms with Crippen LogP contribution in [0.1, 0.15) is 26.7 Å². The highest BCUT2D eigenvalue weighted by molar-refractivity contribution is 9.10. The van der Waals surface area contributed by atoms with Crippen LogP contribution >= 0.6 is 15.9 Å². The summed E-state index contributed by atoms with van der Waals surface area (Å²) < 4.78 is 3.01. The molecule has 16 heavy (non-hydrogen) atoms. The predicted octanol–water partition coefficient (Wildman–Crippen LogP) is 3.63. The lowest BCUT2D eigenvalue weighted by Gasteiger charge is -2.07. The minimum Gasteiger partial charge on any atom is -0.245 e. The highest BCUT2D eigenvalue weighted by Crippen LogP contribution is 2.21. The van der Waals surface area contributed by atoms with Gasteiger partial charge in [0.2, 0.25) is 0 Å². The fraction of sp³-hybridized carbons (Fsp3) is 0.500. The zero-order chi connectivity index (χ0) is 11.5. The molecule has 3 nitrogen and oxygen atoms in total. The molecule has 0 amide bonds. The van der Waals surface area contributed by atoms with Gasteiger partial charge in [-0.25, -0.2) is 4.68 Å². The van der Waals surface area contributed by atoms with E-state index in [9.17, 15) is 0 Å². The molecule has 1 aromatic carbocycles. The van der Waals surface area contributed by atoms with Gasteiger partial charge >= 0.3 is 0 Å². The van der Waals surface area contributed by atoms with Crippen LogP contribution in [-0.4, -0.2) is 15.0 Å². The number of benzene rings is 1. The number of aryl methyl sites for hydroxylation is 1. The molecule has 1 unspecified atom stereocenters. The Morgan fingerprint density at radius 2 is 2.25 bits per heavy atom. The molecule has 0 saturated carbocycles. The molecule has 0 aliphatic carbocycles. The topological polar surface area (TPSA) is 30.7 Å². The lowest BCUT2D eigenvalue weighted by atomic mass is 10.1. The number of fused-ring (bicyclic) bond motifs is 1. The van der Waals surface area contributed by atoms with Crippen molar-refractivity contribution in [2.45, 2.75) is 33.2 Å². The Hall–Kier alpha value is -0.900. The van der Waals surface area contributed by atoms with Crippen LogP contribution in [0.3, 0.4) is 0 Å². The van der Waals surface area contributed by atoms with Crippen molar-refractivity contribution in [1.82, 2.24) is 15.0 Å². The van der Waals surface area contributed by atoms with E-state index in [1.807, 2.05) is 16.8 Å². The van der Waals surface area contributed by atoms with E-state index in [0.717, 1.165) is 34.4 Å². The van der Waals surface area contributed by atoms with Crippen molar-refractivity contribution in [2.75, 3.05) is 0 Å². The van der Waals surface area contributed by atoms with Crippen molar-refractivity contribution in [3.63, 3.8) is 0 Å². The summed E-state index contributed by atoms with van der Waals surface area (Å²) in [5, 5.41) is 8.39. The number of hydrogen-bond donors (Lipinski definition) is 0. The molecule has 0 aliphatic rings. The Labute approximate surface area is 104 Å². The lowest BCUT2D eigenvalue weighted by molar-refractivity contribution is 0.449. The molecular weight excluding hydrogens is 266 g/mol. The smallest absolute Gasteiger partial charge is 0.127 e. The lowest BCUT2D eigenvalue weighted by Crippen LogP contribution is -2.04. The van der Waals surface area contributed by atoms with Crippen LogP contribution in [0.5, 0.6) is 0 Å². The van der Waals surface area contributed by atoms with E-state index in [2.05, 4.69) is 46.2 Å². The number of nitrogens with zero attached hydrogens (tertiary/aromatic N) is 3. The zero-order valence-corrected chi connectivity index (χ0v) is 11.2. The Morgan fingerprint density at radius 1 is 1.44 bits per heavy atom. The van der Waals surface area contributed by atoms with Gasteiger partial charge in [0.15, 0.2) is 0 Å². The normalized spacial score (nSPS) is 13.2. The van der Waals surface area contributed by atoms with Crippen LogP contribution < -0.4 is 0 Å². The molecule has 0 fully saturated rings. The maximum atomic E-state index is 4.20. The van der Waals surface area contributed by atoms with E-state index < -0.39 is 0 Å². The summed E-state index contributed by atoms with van der Waals surface area (Å²) in [6, 6.07) is 6.09. The van der Waals surface area contributed by atoms with E-state index in [1.165, 1.54) is 6.42 Å². The second-order valence-corrected chi connectivity index (χ2v) is 5.08. The van der Waals surface area contributed by atoms with Crippen molar-refractivity contribution in [3.05, 3.63) is 22.7 Å². The average molecular weight is 282 g/mol. The van der Waals surface area contributed by atoms with Crippen molar-refractivity contribution >= 4 is 27.0 Å². The third kappa shape index (κ3) is 2.26. The van der Waals surface area contributed by atoms with E-state index in [1.54, 1.807) is 0 Å². The average Bonchev–Trinajstić information content (AvgIpc) is 2.70. The summed E-state index contributed by atoms with van der Waals surface area (Å²) >= 11 is 3.49. The molecule has 0 aliphatic heterocycles. The molecule has 0 N–H and O–H groups in total. The molecular formula is C12H16BrN3.